The molecular formula is C15H24N4O5S. The van der Waals surface area contributed by atoms with Gasteiger partial charge in [0.15, 0.2) is 5.82 Å². The number of nitrogens with one attached hydrogen (secondary N) is 1. The molecule has 0 radical (unpaired) electrons. The van der Waals surface area contributed by atoms with Crippen LogP contribution >= 0.6 is 0 Å². The molecule has 0 saturated carbocycles. The third-order valence-corrected chi connectivity index (χ3v) is 6.12. The Hall–Kier alpha value is -1.94. The molecule has 140 valence electrons. The molecule has 1 saturated heterocycles. The van der Waals surface area contributed by atoms with Gasteiger partial charge in [0.25, 0.3) is 0 Å². The highest BCUT2D eigenvalue weighted by atomic mass is 32.2. The molecule has 0 spiro atoms. The van der Waals surface area contributed by atoms with Crippen LogP contribution in [0.1, 0.15) is 32.6 Å². The minimum Gasteiger partial charge on any atom is -0.480 e. The number of aromatic nitrogens is 2. The fourth-order valence-corrected chi connectivity index (χ4v) is 4.41. The molecule has 1 aliphatic rings. The summed E-state index contributed by atoms with van der Waals surface area (Å²) in [6.07, 6.45) is 3.88. The van der Waals surface area contributed by atoms with Crippen LogP contribution in [-0.4, -0.2) is 58.3 Å². The summed E-state index contributed by atoms with van der Waals surface area (Å²) >= 11 is 0. The summed E-state index contributed by atoms with van der Waals surface area (Å²) in [6.45, 7) is 2.36. The van der Waals surface area contributed by atoms with E-state index in [1.54, 1.807) is 0 Å². The Labute approximate surface area is 147 Å². The number of nitrogens with zero attached hydrogens (tertiary/aromatic N) is 3. The predicted octanol–water partition coefficient (Wildman–Crippen LogP) is 0.748. The number of sulfonamides is 1. The number of rotatable bonds is 8. The highest BCUT2D eigenvalue weighted by Crippen LogP contribution is 2.21. The molecule has 9 nitrogen and oxygen atoms in total. The smallest absolute Gasteiger partial charge is 0.325 e. The summed E-state index contributed by atoms with van der Waals surface area (Å²) in [7, 11) is -3.23. The number of aliphatic carboxylic acids is 1. The molecule has 2 N–H and O–H groups in total. The fourth-order valence-electron chi connectivity index (χ4n) is 2.74. The first-order valence-electron chi connectivity index (χ1n) is 8.35. The van der Waals surface area contributed by atoms with Gasteiger partial charge in [0.2, 0.25) is 15.9 Å². The third kappa shape index (κ3) is 5.53. The van der Waals surface area contributed by atoms with Gasteiger partial charge in [0.05, 0.1) is 5.75 Å². The second-order valence-corrected chi connectivity index (χ2v) is 8.21. The Morgan fingerprint density at radius 2 is 2.04 bits per heavy atom. The Morgan fingerprint density at radius 1 is 1.36 bits per heavy atom. The molecule has 25 heavy (non-hydrogen) atoms. The van der Waals surface area contributed by atoms with Crippen molar-refractivity contribution in [3.63, 3.8) is 0 Å². The van der Waals surface area contributed by atoms with Gasteiger partial charge < -0.3 is 10.4 Å². The first-order valence-corrected chi connectivity index (χ1v) is 9.96. The van der Waals surface area contributed by atoms with E-state index in [1.807, 2.05) is 6.92 Å². The van der Waals surface area contributed by atoms with Crippen molar-refractivity contribution in [3.8, 4) is 0 Å². The number of carboxylic acids is 1. The number of carbonyl (C=O) groups is 2. The van der Waals surface area contributed by atoms with Crippen LogP contribution in [0.4, 0.5) is 5.82 Å². The maximum absolute atomic E-state index is 12.3. The minimum absolute atomic E-state index is 0.154. The molecular weight excluding hydrogens is 348 g/mol. The lowest BCUT2D eigenvalue weighted by atomic mass is 9.97. The standard InChI is InChI=1S/C15H24N4O5S/c1-2-3-10-25(23,24)19-8-4-12(5-9-19)15(22)16-13-6-7-18(17-13)11-14(20)21/h6-7,12H,2-5,8-11H2,1H3,(H,20,21)(H,16,17,22). The molecule has 0 unspecified atom stereocenters. The summed E-state index contributed by atoms with van der Waals surface area (Å²) in [6, 6.07) is 1.53. The number of carbonyl (C=O) groups excluding carboxylic acids is 1. The highest BCUT2D eigenvalue weighted by Gasteiger charge is 2.30. The van der Waals surface area contributed by atoms with Crippen LogP contribution in [0.2, 0.25) is 0 Å². The summed E-state index contributed by atoms with van der Waals surface area (Å²) < 4.78 is 27.0. The molecule has 0 aliphatic carbocycles. The topological polar surface area (TPSA) is 122 Å². The van der Waals surface area contributed by atoms with Crippen molar-refractivity contribution in [1.82, 2.24) is 14.1 Å². The first-order chi connectivity index (χ1) is 11.8. The SMILES string of the molecule is CCCCS(=O)(=O)N1CCC(C(=O)Nc2ccn(CC(=O)O)n2)CC1. The molecule has 1 amide bonds. The summed E-state index contributed by atoms with van der Waals surface area (Å²) in [5, 5.41) is 15.3. The van der Waals surface area contributed by atoms with E-state index in [9.17, 15) is 18.0 Å². The maximum Gasteiger partial charge on any atom is 0.325 e. The van der Waals surface area contributed by atoms with Crippen molar-refractivity contribution in [2.45, 2.75) is 39.2 Å². The lowest BCUT2D eigenvalue weighted by molar-refractivity contribution is -0.137. The minimum atomic E-state index is -3.23. The van der Waals surface area contributed by atoms with Crippen molar-refractivity contribution in [2.24, 2.45) is 5.92 Å². The molecule has 1 fully saturated rings. The Bertz CT molecular complexity index is 707. The lowest BCUT2D eigenvalue weighted by Crippen LogP contribution is -2.42. The molecule has 10 heteroatoms. The van der Waals surface area contributed by atoms with E-state index in [-0.39, 0.29) is 24.1 Å². The zero-order chi connectivity index (χ0) is 18.4. The zero-order valence-corrected chi connectivity index (χ0v) is 15.0. The van der Waals surface area contributed by atoms with E-state index in [0.29, 0.717) is 38.2 Å². The first kappa shape index (κ1) is 19.4. The number of amides is 1. The van der Waals surface area contributed by atoms with Crippen LogP contribution in [0.5, 0.6) is 0 Å². The zero-order valence-electron chi connectivity index (χ0n) is 14.2. The van der Waals surface area contributed by atoms with Crippen LogP contribution in [0.15, 0.2) is 12.3 Å². The molecule has 1 aliphatic heterocycles. The average Bonchev–Trinajstić information content (AvgIpc) is 2.99. The van der Waals surface area contributed by atoms with E-state index in [1.165, 1.54) is 21.3 Å². The van der Waals surface area contributed by atoms with Crippen LogP contribution in [-0.2, 0) is 26.2 Å². The van der Waals surface area contributed by atoms with Gasteiger partial charge in [-0.05, 0) is 19.3 Å². The van der Waals surface area contributed by atoms with E-state index in [0.717, 1.165) is 6.42 Å². The van der Waals surface area contributed by atoms with Crippen LogP contribution in [0.25, 0.3) is 0 Å². The largest absolute Gasteiger partial charge is 0.480 e. The Balaban J connectivity index is 1.85. The van der Waals surface area contributed by atoms with Crippen LogP contribution < -0.4 is 5.32 Å². The maximum atomic E-state index is 12.3. The Morgan fingerprint density at radius 3 is 2.64 bits per heavy atom. The quantitative estimate of drug-likeness (QED) is 0.694. The van der Waals surface area contributed by atoms with Gasteiger partial charge in [-0.1, -0.05) is 13.3 Å². The van der Waals surface area contributed by atoms with Crippen molar-refractivity contribution in [3.05, 3.63) is 12.3 Å². The van der Waals surface area contributed by atoms with Gasteiger partial charge >= 0.3 is 5.97 Å². The van der Waals surface area contributed by atoms with Gasteiger partial charge in [-0.2, -0.15) is 5.10 Å². The van der Waals surface area contributed by atoms with Gasteiger partial charge in [-0.3, -0.25) is 14.3 Å². The molecule has 2 rings (SSSR count). The fraction of sp³-hybridized carbons (Fsp3) is 0.667. The molecule has 0 bridgehead atoms. The van der Waals surface area contributed by atoms with Gasteiger partial charge in [-0.25, -0.2) is 12.7 Å². The van der Waals surface area contributed by atoms with Gasteiger partial charge in [0, 0.05) is 31.3 Å². The number of hydrogen-bond donors (Lipinski definition) is 2. The molecule has 1 aromatic rings. The number of hydrogen-bond acceptors (Lipinski definition) is 5. The van der Waals surface area contributed by atoms with Crippen molar-refractivity contribution in [1.29, 1.82) is 0 Å². The normalized spacial score (nSPS) is 16.7. The van der Waals surface area contributed by atoms with Crippen molar-refractivity contribution >= 4 is 27.7 Å². The molecule has 0 atom stereocenters. The summed E-state index contributed by atoms with van der Waals surface area (Å²) in [5.74, 6) is -1.06. The number of carboxylic acid groups (broad SMARTS) is 1. The van der Waals surface area contributed by atoms with E-state index < -0.39 is 16.0 Å². The summed E-state index contributed by atoms with van der Waals surface area (Å²) in [4.78, 5) is 22.9. The highest BCUT2D eigenvalue weighted by molar-refractivity contribution is 7.89. The second kappa shape index (κ2) is 8.43. The van der Waals surface area contributed by atoms with Crippen LogP contribution in [0, 0.1) is 5.92 Å². The van der Waals surface area contributed by atoms with Crippen molar-refractivity contribution < 1.29 is 23.1 Å². The average molecular weight is 372 g/mol. The Kier molecular flexibility index (Phi) is 6.54. The molecule has 1 aromatic heterocycles. The lowest BCUT2D eigenvalue weighted by Gasteiger charge is -2.30. The molecule has 2 heterocycles. The number of unbranched alkanes of at least 4 members (excludes halogenated alkanes) is 1. The number of anilines is 1. The van der Waals surface area contributed by atoms with E-state index in [4.69, 9.17) is 5.11 Å². The van der Waals surface area contributed by atoms with Crippen molar-refractivity contribution in [2.75, 3.05) is 24.2 Å². The predicted molar refractivity (Wildman–Crippen MR) is 91.5 cm³/mol. The van der Waals surface area contributed by atoms with E-state index in [2.05, 4.69) is 10.4 Å². The van der Waals surface area contributed by atoms with Crippen LogP contribution in [0.3, 0.4) is 0 Å². The monoisotopic (exact) mass is 372 g/mol. The van der Waals surface area contributed by atoms with Gasteiger partial charge in [-0.15, -0.1) is 0 Å². The molecule has 0 aromatic carbocycles. The third-order valence-electron chi connectivity index (χ3n) is 4.16. The number of piperidine rings is 1. The van der Waals surface area contributed by atoms with Gasteiger partial charge in [0.1, 0.15) is 6.54 Å². The summed E-state index contributed by atoms with van der Waals surface area (Å²) in [5.41, 5.74) is 0. The van der Waals surface area contributed by atoms with E-state index >= 15 is 0 Å². The second-order valence-electron chi connectivity index (χ2n) is 6.12.